The van der Waals surface area contributed by atoms with Crippen LogP contribution in [-0.4, -0.2) is 18.7 Å². The molecule has 1 atom stereocenters. The number of rotatable bonds is 2. The number of ether oxygens (including phenoxy) is 1. The summed E-state index contributed by atoms with van der Waals surface area (Å²) < 4.78 is 5.07. The number of benzene rings is 1. The van der Waals surface area contributed by atoms with Crippen molar-refractivity contribution in [1.82, 2.24) is 0 Å². The fraction of sp³-hybridized carbons (Fsp3) is 0.333. The second-order valence-corrected chi connectivity index (χ2v) is 3.75. The normalized spacial score (nSPS) is 18.8. The van der Waals surface area contributed by atoms with Gasteiger partial charge < -0.3 is 4.74 Å². The highest BCUT2D eigenvalue weighted by Crippen LogP contribution is 2.30. The lowest BCUT2D eigenvalue weighted by atomic mass is 10.0. The Bertz CT molecular complexity index is 434. The van der Waals surface area contributed by atoms with Gasteiger partial charge in [-0.05, 0) is 37.1 Å². The first-order chi connectivity index (χ1) is 7.13. The Kier molecular flexibility index (Phi) is 2.31. The Balaban J connectivity index is 2.41. The molecule has 15 heavy (non-hydrogen) atoms. The van der Waals surface area contributed by atoms with Crippen LogP contribution in [0.1, 0.15) is 22.8 Å². The van der Waals surface area contributed by atoms with Crippen LogP contribution < -0.4 is 4.74 Å². The van der Waals surface area contributed by atoms with Crippen molar-refractivity contribution in [3.63, 3.8) is 0 Å². The van der Waals surface area contributed by atoms with E-state index in [4.69, 9.17) is 4.74 Å². The summed E-state index contributed by atoms with van der Waals surface area (Å²) in [5.74, 6) is 0.133. The first kappa shape index (κ1) is 9.90. The number of fused-ring (bicyclic) bond motifs is 1. The minimum absolute atomic E-state index is 0.0554. The molecule has 0 radical (unpaired) electrons. The number of carbonyl (C=O) groups is 2. The summed E-state index contributed by atoms with van der Waals surface area (Å²) in [6, 6.07) is 5.31. The zero-order valence-corrected chi connectivity index (χ0v) is 8.74. The maximum atomic E-state index is 11.8. The molecule has 0 heterocycles. The summed E-state index contributed by atoms with van der Waals surface area (Å²) in [6.07, 6.45) is 0.515. The number of carbonyl (C=O) groups excluding carboxylic acids is 2. The maximum absolute atomic E-state index is 11.8. The van der Waals surface area contributed by atoms with Gasteiger partial charge in [0.05, 0.1) is 13.0 Å². The topological polar surface area (TPSA) is 43.4 Å². The van der Waals surface area contributed by atoms with Gasteiger partial charge in [-0.3, -0.25) is 9.59 Å². The van der Waals surface area contributed by atoms with Crippen molar-refractivity contribution in [2.24, 2.45) is 5.92 Å². The molecule has 0 N–H and O–H groups in total. The maximum Gasteiger partial charge on any atom is 0.173 e. The molecule has 78 valence electrons. The van der Waals surface area contributed by atoms with Crippen LogP contribution in [-0.2, 0) is 11.2 Å². The van der Waals surface area contributed by atoms with E-state index in [1.807, 2.05) is 6.07 Å². The van der Waals surface area contributed by atoms with Gasteiger partial charge in [0.2, 0.25) is 0 Å². The number of methoxy groups -OCH3 is 1. The number of hydrogen-bond acceptors (Lipinski definition) is 3. The molecule has 3 heteroatoms. The van der Waals surface area contributed by atoms with E-state index in [0.717, 1.165) is 11.3 Å². The van der Waals surface area contributed by atoms with Gasteiger partial charge in [-0.1, -0.05) is 0 Å². The van der Waals surface area contributed by atoms with Crippen LogP contribution in [0.15, 0.2) is 18.2 Å². The van der Waals surface area contributed by atoms with Crippen molar-refractivity contribution >= 4 is 11.6 Å². The molecule has 1 aromatic rings. The van der Waals surface area contributed by atoms with Crippen molar-refractivity contribution < 1.29 is 14.3 Å². The molecule has 1 aliphatic rings. The van der Waals surface area contributed by atoms with Crippen molar-refractivity contribution in [2.75, 3.05) is 7.11 Å². The number of ketones is 2. The van der Waals surface area contributed by atoms with E-state index >= 15 is 0 Å². The summed E-state index contributed by atoms with van der Waals surface area (Å²) in [6.45, 7) is 1.46. The second kappa shape index (κ2) is 3.50. The Morgan fingerprint density at radius 1 is 1.47 bits per heavy atom. The van der Waals surface area contributed by atoms with Crippen LogP contribution in [0.5, 0.6) is 5.75 Å². The fourth-order valence-corrected chi connectivity index (χ4v) is 1.93. The van der Waals surface area contributed by atoms with Crippen molar-refractivity contribution in [3.05, 3.63) is 29.3 Å². The quantitative estimate of drug-likeness (QED) is 0.688. The van der Waals surface area contributed by atoms with Crippen molar-refractivity contribution in [2.45, 2.75) is 13.3 Å². The van der Waals surface area contributed by atoms with Gasteiger partial charge in [-0.2, -0.15) is 0 Å². The lowest BCUT2D eigenvalue weighted by molar-refractivity contribution is -0.119. The highest BCUT2D eigenvalue weighted by molar-refractivity contribution is 6.13. The lowest BCUT2D eigenvalue weighted by Gasteiger charge is -2.01. The van der Waals surface area contributed by atoms with Crippen LogP contribution in [0.2, 0.25) is 0 Å². The van der Waals surface area contributed by atoms with Gasteiger partial charge in [0, 0.05) is 5.56 Å². The Labute approximate surface area is 88.1 Å². The molecule has 0 saturated carbocycles. The molecular weight excluding hydrogens is 192 g/mol. The first-order valence-electron chi connectivity index (χ1n) is 4.85. The van der Waals surface area contributed by atoms with E-state index in [1.54, 1.807) is 19.2 Å². The summed E-state index contributed by atoms with van der Waals surface area (Å²) in [4.78, 5) is 23.0. The average Bonchev–Trinajstić information content (AvgIpc) is 2.55. The Morgan fingerprint density at radius 2 is 2.20 bits per heavy atom. The summed E-state index contributed by atoms with van der Waals surface area (Å²) >= 11 is 0. The van der Waals surface area contributed by atoms with Crippen LogP contribution in [0.25, 0.3) is 0 Å². The molecule has 0 fully saturated rings. The van der Waals surface area contributed by atoms with E-state index in [9.17, 15) is 9.59 Å². The molecule has 1 aromatic carbocycles. The smallest absolute Gasteiger partial charge is 0.173 e. The third kappa shape index (κ3) is 1.54. The summed E-state index contributed by atoms with van der Waals surface area (Å²) in [5.41, 5.74) is 1.58. The number of hydrogen-bond donors (Lipinski definition) is 0. The van der Waals surface area contributed by atoms with Gasteiger partial charge in [-0.15, -0.1) is 0 Å². The molecule has 0 aliphatic heterocycles. The predicted molar refractivity (Wildman–Crippen MR) is 55.2 cm³/mol. The first-order valence-corrected chi connectivity index (χ1v) is 4.85. The summed E-state index contributed by atoms with van der Waals surface area (Å²) in [5, 5.41) is 0. The minimum Gasteiger partial charge on any atom is -0.497 e. The molecule has 0 aromatic heterocycles. The van der Waals surface area contributed by atoms with Crippen LogP contribution >= 0.6 is 0 Å². The van der Waals surface area contributed by atoms with Gasteiger partial charge in [-0.25, -0.2) is 0 Å². The van der Waals surface area contributed by atoms with Gasteiger partial charge in [0.25, 0.3) is 0 Å². The minimum atomic E-state index is -0.480. The van der Waals surface area contributed by atoms with Gasteiger partial charge in [0.1, 0.15) is 11.5 Å². The average molecular weight is 204 g/mol. The Hall–Kier alpha value is -1.64. The zero-order valence-electron chi connectivity index (χ0n) is 8.74. The second-order valence-electron chi connectivity index (χ2n) is 3.75. The van der Waals surface area contributed by atoms with E-state index in [0.29, 0.717) is 12.0 Å². The third-order valence-electron chi connectivity index (χ3n) is 2.81. The highest BCUT2D eigenvalue weighted by atomic mass is 16.5. The Morgan fingerprint density at radius 3 is 2.80 bits per heavy atom. The molecular formula is C12H12O3. The zero-order chi connectivity index (χ0) is 11.0. The summed E-state index contributed by atoms with van der Waals surface area (Å²) in [7, 11) is 1.58. The van der Waals surface area contributed by atoms with Crippen LogP contribution in [0, 0.1) is 5.92 Å². The van der Waals surface area contributed by atoms with Gasteiger partial charge in [0.15, 0.2) is 5.78 Å². The molecule has 3 nitrogen and oxygen atoms in total. The monoisotopic (exact) mass is 204 g/mol. The van der Waals surface area contributed by atoms with E-state index in [-0.39, 0.29) is 11.6 Å². The van der Waals surface area contributed by atoms with E-state index in [1.165, 1.54) is 6.92 Å². The number of Topliss-reactive ketones (excluding diaryl/α,β-unsaturated/α-hetero) is 2. The lowest BCUT2D eigenvalue weighted by Crippen LogP contribution is -2.17. The fourth-order valence-electron chi connectivity index (χ4n) is 1.93. The molecule has 2 rings (SSSR count). The van der Waals surface area contributed by atoms with Crippen LogP contribution in [0.3, 0.4) is 0 Å². The molecule has 0 spiro atoms. The molecule has 0 amide bonds. The third-order valence-corrected chi connectivity index (χ3v) is 2.81. The SMILES string of the molecule is COc1ccc2c(c1)CC(C(C)=O)C2=O. The largest absolute Gasteiger partial charge is 0.497 e. The van der Waals surface area contributed by atoms with Crippen molar-refractivity contribution in [1.29, 1.82) is 0 Å². The highest BCUT2D eigenvalue weighted by Gasteiger charge is 2.33. The standard InChI is InChI=1S/C12H12O3/c1-7(13)11-6-8-5-9(15-2)3-4-10(8)12(11)14/h3-5,11H,6H2,1-2H3. The van der Waals surface area contributed by atoms with E-state index < -0.39 is 5.92 Å². The molecule has 1 aliphatic carbocycles. The molecule has 1 unspecified atom stereocenters. The predicted octanol–water partition coefficient (Wildman–Crippen LogP) is 1.64. The van der Waals surface area contributed by atoms with E-state index in [2.05, 4.69) is 0 Å². The van der Waals surface area contributed by atoms with Gasteiger partial charge >= 0.3 is 0 Å². The molecule has 0 saturated heterocycles. The van der Waals surface area contributed by atoms with Crippen molar-refractivity contribution in [3.8, 4) is 5.75 Å². The van der Waals surface area contributed by atoms with Crippen LogP contribution in [0.4, 0.5) is 0 Å². The molecule has 0 bridgehead atoms.